The van der Waals surface area contributed by atoms with Crippen LogP contribution in [0.25, 0.3) is 0 Å². The molecule has 1 saturated heterocycles. The molecule has 2 aliphatic rings. The van der Waals surface area contributed by atoms with Crippen LogP contribution in [0.15, 0.2) is 18.2 Å². The van der Waals surface area contributed by atoms with Gasteiger partial charge in [0, 0.05) is 49.5 Å². The quantitative estimate of drug-likeness (QED) is 0.904. The van der Waals surface area contributed by atoms with Crippen LogP contribution in [0.3, 0.4) is 0 Å². The first-order valence-corrected chi connectivity index (χ1v) is 8.85. The van der Waals surface area contributed by atoms with Gasteiger partial charge in [0.25, 0.3) is 0 Å². The van der Waals surface area contributed by atoms with Crippen molar-refractivity contribution in [2.24, 2.45) is 13.0 Å². The molecule has 2 aliphatic heterocycles. The van der Waals surface area contributed by atoms with Crippen LogP contribution >= 0.6 is 0 Å². The van der Waals surface area contributed by atoms with E-state index in [1.54, 1.807) is 0 Å². The lowest BCUT2D eigenvalue weighted by atomic mass is 9.94. The van der Waals surface area contributed by atoms with Gasteiger partial charge >= 0.3 is 0 Å². The zero-order chi connectivity index (χ0) is 17.4. The predicted octanol–water partition coefficient (Wildman–Crippen LogP) is 2.63. The third-order valence-electron chi connectivity index (χ3n) is 5.26. The number of aromatic nitrogens is 2. The van der Waals surface area contributed by atoms with Gasteiger partial charge in [-0.1, -0.05) is 12.1 Å². The molecule has 0 radical (unpaired) electrons. The molecule has 1 aromatic carbocycles. The number of nitrogens with one attached hydrogen (secondary N) is 1. The minimum atomic E-state index is 0.127. The summed E-state index contributed by atoms with van der Waals surface area (Å²) in [4.78, 5) is 0. The predicted molar refractivity (Wildman–Crippen MR) is 93.8 cm³/mol. The summed E-state index contributed by atoms with van der Waals surface area (Å²) in [7, 11) is 1.99. The number of hydrogen-bond donors (Lipinski definition) is 1. The number of nitrogens with zero attached hydrogens (tertiary/aromatic N) is 2. The Bertz CT molecular complexity index is 772. The van der Waals surface area contributed by atoms with Crippen molar-refractivity contribution >= 4 is 0 Å². The number of para-hydroxylation sites is 1. The highest BCUT2D eigenvalue weighted by atomic mass is 16.7. The summed E-state index contributed by atoms with van der Waals surface area (Å²) >= 11 is 0. The zero-order valence-corrected chi connectivity index (χ0v) is 15.0. The zero-order valence-electron chi connectivity index (χ0n) is 15.0. The lowest BCUT2D eigenvalue weighted by Crippen LogP contribution is -2.25. The second-order valence-corrected chi connectivity index (χ2v) is 6.83. The van der Waals surface area contributed by atoms with Crippen LogP contribution in [0, 0.1) is 19.8 Å². The Balaban J connectivity index is 1.42. The molecule has 6 heteroatoms. The fourth-order valence-electron chi connectivity index (χ4n) is 3.89. The number of rotatable bonds is 5. The first-order chi connectivity index (χ1) is 12.1. The van der Waals surface area contributed by atoms with Crippen LogP contribution in [0.1, 0.15) is 35.0 Å². The van der Waals surface area contributed by atoms with Gasteiger partial charge in [-0.2, -0.15) is 5.10 Å². The normalized spacial score (nSPS) is 21.9. The monoisotopic (exact) mass is 343 g/mol. The van der Waals surface area contributed by atoms with Crippen molar-refractivity contribution in [2.45, 2.75) is 32.9 Å². The van der Waals surface area contributed by atoms with E-state index >= 15 is 0 Å². The second kappa shape index (κ2) is 6.69. The largest absolute Gasteiger partial charge is 0.454 e. The maximum atomic E-state index is 6.07. The summed E-state index contributed by atoms with van der Waals surface area (Å²) in [5.41, 5.74) is 4.66. The highest BCUT2D eigenvalue weighted by Gasteiger charge is 2.33. The highest BCUT2D eigenvalue weighted by molar-refractivity contribution is 5.48. The van der Waals surface area contributed by atoms with Gasteiger partial charge in [-0.25, -0.2) is 0 Å². The number of benzene rings is 1. The van der Waals surface area contributed by atoms with Crippen LogP contribution in [0.2, 0.25) is 0 Å². The van der Waals surface area contributed by atoms with Gasteiger partial charge in [0.2, 0.25) is 6.79 Å². The van der Waals surface area contributed by atoms with Gasteiger partial charge in [-0.3, -0.25) is 4.68 Å². The number of aryl methyl sites for hydroxylation is 2. The van der Waals surface area contributed by atoms with E-state index in [9.17, 15) is 0 Å². The van der Waals surface area contributed by atoms with Gasteiger partial charge < -0.3 is 19.5 Å². The minimum absolute atomic E-state index is 0.127. The lowest BCUT2D eigenvalue weighted by molar-refractivity contribution is 0.0893. The summed E-state index contributed by atoms with van der Waals surface area (Å²) in [5.74, 6) is 2.16. The van der Waals surface area contributed by atoms with Gasteiger partial charge in [0.05, 0.1) is 11.8 Å². The third-order valence-corrected chi connectivity index (χ3v) is 5.26. The van der Waals surface area contributed by atoms with Crippen molar-refractivity contribution in [1.82, 2.24) is 15.1 Å². The average molecular weight is 343 g/mol. The maximum Gasteiger partial charge on any atom is 0.231 e. The van der Waals surface area contributed by atoms with Crippen molar-refractivity contribution in [3.63, 3.8) is 0 Å². The van der Waals surface area contributed by atoms with Gasteiger partial charge in [-0.05, 0) is 26.3 Å². The molecule has 134 valence electrons. The molecule has 25 heavy (non-hydrogen) atoms. The van der Waals surface area contributed by atoms with E-state index in [4.69, 9.17) is 14.2 Å². The van der Waals surface area contributed by atoms with E-state index in [1.165, 1.54) is 11.3 Å². The van der Waals surface area contributed by atoms with E-state index < -0.39 is 0 Å². The number of hydrogen-bond acceptors (Lipinski definition) is 5. The van der Waals surface area contributed by atoms with E-state index in [-0.39, 0.29) is 6.10 Å². The van der Waals surface area contributed by atoms with Crippen molar-refractivity contribution in [1.29, 1.82) is 0 Å². The molecule has 1 fully saturated rings. The molecule has 0 spiro atoms. The van der Waals surface area contributed by atoms with Gasteiger partial charge in [0.15, 0.2) is 11.5 Å². The Hall–Kier alpha value is -2.05. The molecule has 3 heterocycles. The third kappa shape index (κ3) is 3.00. The van der Waals surface area contributed by atoms with E-state index in [2.05, 4.69) is 30.3 Å². The Labute approximate surface area is 148 Å². The Morgan fingerprint density at radius 1 is 1.28 bits per heavy atom. The van der Waals surface area contributed by atoms with E-state index in [0.717, 1.165) is 48.9 Å². The molecule has 1 aromatic heterocycles. The molecule has 6 nitrogen and oxygen atoms in total. The molecule has 0 unspecified atom stereocenters. The molecule has 0 saturated carbocycles. The summed E-state index contributed by atoms with van der Waals surface area (Å²) < 4.78 is 19.0. The van der Waals surface area contributed by atoms with Gasteiger partial charge in [0.1, 0.15) is 0 Å². The Kier molecular flexibility index (Phi) is 4.39. The van der Waals surface area contributed by atoms with Crippen LogP contribution in [-0.2, 0) is 18.3 Å². The molecule has 4 rings (SSSR count). The Morgan fingerprint density at radius 3 is 2.96 bits per heavy atom. The lowest BCUT2D eigenvalue weighted by Gasteiger charge is -2.20. The molecule has 0 aliphatic carbocycles. The molecule has 2 atom stereocenters. The molecule has 0 amide bonds. The van der Waals surface area contributed by atoms with Crippen LogP contribution in [0.5, 0.6) is 11.5 Å². The van der Waals surface area contributed by atoms with Crippen molar-refractivity contribution in [3.8, 4) is 11.5 Å². The SMILES string of the molecule is Cc1nn(C)c(C)c1[C@H]1OCC[C@H]1CNCc1cccc2c1OCO2. The smallest absolute Gasteiger partial charge is 0.231 e. The van der Waals surface area contributed by atoms with E-state index in [1.807, 2.05) is 23.9 Å². The first-order valence-electron chi connectivity index (χ1n) is 8.85. The first kappa shape index (κ1) is 16.4. The number of ether oxygens (including phenoxy) is 3. The topological polar surface area (TPSA) is 57.5 Å². The fourth-order valence-corrected chi connectivity index (χ4v) is 3.89. The molecule has 1 N–H and O–H groups in total. The maximum absolute atomic E-state index is 6.07. The van der Waals surface area contributed by atoms with Crippen LogP contribution in [0.4, 0.5) is 0 Å². The summed E-state index contributed by atoms with van der Waals surface area (Å²) in [5, 5.41) is 8.12. The number of fused-ring (bicyclic) bond motifs is 1. The van der Waals surface area contributed by atoms with E-state index in [0.29, 0.717) is 12.7 Å². The van der Waals surface area contributed by atoms with Crippen molar-refractivity contribution in [3.05, 3.63) is 40.7 Å². The second-order valence-electron chi connectivity index (χ2n) is 6.83. The summed E-state index contributed by atoms with van der Waals surface area (Å²) in [6.07, 6.45) is 1.19. The molecular weight excluding hydrogens is 318 g/mol. The average Bonchev–Trinajstić information content (AvgIpc) is 3.29. The molecule has 0 bridgehead atoms. The summed E-state index contributed by atoms with van der Waals surface area (Å²) in [6, 6.07) is 6.04. The fraction of sp³-hybridized carbons (Fsp3) is 0.526. The Morgan fingerprint density at radius 2 is 2.16 bits per heavy atom. The van der Waals surface area contributed by atoms with Crippen LogP contribution in [-0.4, -0.2) is 29.7 Å². The van der Waals surface area contributed by atoms with Crippen molar-refractivity contribution < 1.29 is 14.2 Å². The molecular formula is C19H25N3O3. The van der Waals surface area contributed by atoms with Gasteiger partial charge in [-0.15, -0.1) is 0 Å². The van der Waals surface area contributed by atoms with Crippen LogP contribution < -0.4 is 14.8 Å². The standard InChI is InChI=1S/C19H25N3O3/c1-12-17(13(2)22(3)21-12)19-15(7-8-23-19)10-20-9-14-5-4-6-16-18(14)25-11-24-16/h4-6,15,19-20H,7-11H2,1-3H3/t15-,19-/m0/s1. The minimum Gasteiger partial charge on any atom is -0.454 e. The van der Waals surface area contributed by atoms with Crippen molar-refractivity contribution in [2.75, 3.05) is 19.9 Å². The highest BCUT2D eigenvalue weighted by Crippen LogP contribution is 2.38. The molecule has 2 aromatic rings. The summed E-state index contributed by atoms with van der Waals surface area (Å²) in [6.45, 7) is 6.97.